The van der Waals surface area contributed by atoms with Crippen LogP contribution in [0.5, 0.6) is 11.8 Å². The molecule has 2 aromatic heterocycles. The van der Waals surface area contributed by atoms with Gasteiger partial charge in [0.05, 0.1) is 47.7 Å². The molecule has 1 aliphatic heterocycles. The number of aromatic amines is 1. The molecular formula is C21H19ClN6O2. The van der Waals surface area contributed by atoms with E-state index in [9.17, 15) is 0 Å². The van der Waals surface area contributed by atoms with Crippen LogP contribution in [0.1, 0.15) is 5.56 Å². The zero-order chi connectivity index (χ0) is 20.3. The van der Waals surface area contributed by atoms with Crippen molar-refractivity contribution in [1.29, 1.82) is 0 Å². The van der Waals surface area contributed by atoms with Crippen LogP contribution in [0.2, 0.25) is 5.02 Å². The van der Waals surface area contributed by atoms with E-state index in [-0.39, 0.29) is 6.01 Å². The molecule has 1 fully saturated rings. The number of halogens is 1. The maximum Gasteiger partial charge on any atom is 0.321 e. The van der Waals surface area contributed by atoms with E-state index < -0.39 is 0 Å². The second-order valence-electron chi connectivity index (χ2n) is 6.98. The largest absolute Gasteiger partial charge is 0.424 e. The molecule has 0 unspecified atom stereocenters. The average molecular weight is 423 g/mol. The van der Waals surface area contributed by atoms with Crippen molar-refractivity contribution in [3.8, 4) is 11.8 Å². The second-order valence-corrected chi connectivity index (χ2v) is 7.42. The van der Waals surface area contributed by atoms with Crippen LogP contribution in [-0.2, 0) is 11.3 Å². The van der Waals surface area contributed by atoms with E-state index in [4.69, 9.17) is 21.1 Å². The van der Waals surface area contributed by atoms with Crippen molar-refractivity contribution in [1.82, 2.24) is 19.9 Å². The lowest BCUT2D eigenvalue weighted by Gasteiger charge is -2.27. The Morgan fingerprint density at radius 2 is 1.90 bits per heavy atom. The van der Waals surface area contributed by atoms with Gasteiger partial charge in [0.15, 0.2) is 0 Å². The highest BCUT2D eigenvalue weighted by Gasteiger charge is 2.17. The number of anilines is 2. The summed E-state index contributed by atoms with van der Waals surface area (Å²) in [5.41, 5.74) is 4.05. The topological polar surface area (TPSA) is 97.0 Å². The predicted molar refractivity (Wildman–Crippen MR) is 115 cm³/mol. The van der Waals surface area contributed by atoms with Crippen LogP contribution in [0.3, 0.4) is 0 Å². The summed E-state index contributed by atoms with van der Waals surface area (Å²) in [6.07, 6.45) is 2.99. The zero-order valence-corrected chi connectivity index (χ0v) is 16.7. The highest BCUT2D eigenvalue weighted by atomic mass is 35.5. The monoisotopic (exact) mass is 422 g/mol. The third-order valence-electron chi connectivity index (χ3n) is 4.68. The van der Waals surface area contributed by atoms with Gasteiger partial charge in [0, 0.05) is 12.2 Å². The SMILES string of the molecule is Clc1cnc(Oc2ccc(CNc3nc4ccc(NC5COC5)cc4[nH]3)cc2)nc1. The van der Waals surface area contributed by atoms with Crippen LogP contribution in [0.25, 0.3) is 11.0 Å². The molecule has 30 heavy (non-hydrogen) atoms. The third kappa shape index (κ3) is 4.29. The molecule has 4 aromatic rings. The zero-order valence-electron chi connectivity index (χ0n) is 15.9. The summed E-state index contributed by atoms with van der Waals surface area (Å²) in [4.78, 5) is 16.0. The van der Waals surface area contributed by atoms with Crippen LogP contribution in [-0.4, -0.2) is 39.2 Å². The molecule has 0 radical (unpaired) electrons. The van der Waals surface area contributed by atoms with Gasteiger partial charge in [-0.2, -0.15) is 0 Å². The lowest BCUT2D eigenvalue weighted by molar-refractivity contribution is 0.0211. The summed E-state index contributed by atoms with van der Waals surface area (Å²) in [6.45, 7) is 2.14. The van der Waals surface area contributed by atoms with Crippen molar-refractivity contribution < 1.29 is 9.47 Å². The van der Waals surface area contributed by atoms with Gasteiger partial charge < -0.3 is 25.1 Å². The first-order valence-corrected chi connectivity index (χ1v) is 9.91. The minimum absolute atomic E-state index is 0.256. The van der Waals surface area contributed by atoms with Gasteiger partial charge in [-0.15, -0.1) is 0 Å². The van der Waals surface area contributed by atoms with Crippen LogP contribution in [0.4, 0.5) is 11.6 Å². The average Bonchev–Trinajstić information content (AvgIpc) is 3.14. The second kappa shape index (κ2) is 8.17. The molecule has 0 amide bonds. The molecule has 5 rings (SSSR count). The Bertz CT molecular complexity index is 1140. The number of nitrogens with one attached hydrogen (secondary N) is 3. The van der Waals surface area contributed by atoms with E-state index >= 15 is 0 Å². The van der Waals surface area contributed by atoms with Crippen molar-refractivity contribution >= 4 is 34.3 Å². The Balaban J connectivity index is 1.20. The van der Waals surface area contributed by atoms with Gasteiger partial charge in [0.2, 0.25) is 5.95 Å². The number of aromatic nitrogens is 4. The number of benzene rings is 2. The van der Waals surface area contributed by atoms with Crippen molar-refractivity contribution in [2.24, 2.45) is 0 Å². The van der Waals surface area contributed by atoms with E-state index in [1.54, 1.807) is 0 Å². The normalized spacial score (nSPS) is 13.8. The Hall–Kier alpha value is -3.36. The summed E-state index contributed by atoms with van der Waals surface area (Å²) in [6, 6.07) is 14.4. The van der Waals surface area contributed by atoms with Crippen LogP contribution in [0.15, 0.2) is 54.9 Å². The fraction of sp³-hybridized carbons (Fsp3) is 0.190. The van der Waals surface area contributed by atoms with E-state index in [0.29, 0.717) is 23.4 Å². The minimum Gasteiger partial charge on any atom is -0.424 e. The quantitative estimate of drug-likeness (QED) is 0.410. The van der Waals surface area contributed by atoms with Gasteiger partial charge in [-0.25, -0.2) is 15.0 Å². The maximum atomic E-state index is 5.78. The van der Waals surface area contributed by atoms with Gasteiger partial charge in [-0.3, -0.25) is 0 Å². The molecule has 1 saturated heterocycles. The van der Waals surface area contributed by atoms with Gasteiger partial charge in [-0.05, 0) is 35.9 Å². The summed E-state index contributed by atoms with van der Waals surface area (Å²) < 4.78 is 10.8. The number of imidazole rings is 1. The Labute approximate surface area is 177 Å². The number of fused-ring (bicyclic) bond motifs is 1. The molecule has 152 valence electrons. The molecule has 0 bridgehead atoms. The Morgan fingerprint density at radius 1 is 1.10 bits per heavy atom. The first-order valence-electron chi connectivity index (χ1n) is 9.53. The van der Waals surface area contributed by atoms with Gasteiger partial charge in [-0.1, -0.05) is 23.7 Å². The number of ether oxygens (including phenoxy) is 2. The number of hydrogen-bond acceptors (Lipinski definition) is 7. The summed E-state index contributed by atoms with van der Waals surface area (Å²) in [5.74, 6) is 1.38. The highest BCUT2D eigenvalue weighted by Crippen LogP contribution is 2.22. The van der Waals surface area contributed by atoms with Crippen molar-refractivity contribution in [3.05, 3.63) is 65.4 Å². The number of rotatable bonds is 7. The Kier molecular flexibility index (Phi) is 5.08. The highest BCUT2D eigenvalue weighted by molar-refractivity contribution is 6.30. The number of nitrogens with zero attached hydrogens (tertiary/aromatic N) is 3. The molecule has 8 nitrogen and oxygen atoms in total. The molecule has 2 aromatic carbocycles. The first-order chi connectivity index (χ1) is 14.7. The molecule has 0 spiro atoms. The van der Waals surface area contributed by atoms with Crippen LogP contribution >= 0.6 is 11.6 Å². The lowest BCUT2D eigenvalue weighted by atomic mass is 10.2. The van der Waals surface area contributed by atoms with Gasteiger partial charge in [0.25, 0.3) is 0 Å². The molecule has 0 atom stereocenters. The van der Waals surface area contributed by atoms with Gasteiger partial charge in [0.1, 0.15) is 5.75 Å². The standard InChI is InChI=1S/C21H19ClN6O2/c22-14-9-24-21(25-10-14)30-17-4-1-13(2-5-17)8-23-20-27-18-6-3-15(7-19(18)28-20)26-16-11-29-12-16/h1-7,9-10,16,26H,8,11-12H2,(H2,23,27,28). The van der Waals surface area contributed by atoms with Crippen LogP contribution < -0.4 is 15.4 Å². The number of H-pyrrole nitrogens is 1. The van der Waals surface area contributed by atoms with Crippen molar-refractivity contribution in [3.63, 3.8) is 0 Å². The summed E-state index contributed by atoms with van der Waals surface area (Å²) in [5, 5.41) is 7.23. The maximum absolute atomic E-state index is 5.78. The van der Waals surface area contributed by atoms with Crippen molar-refractivity contribution in [2.45, 2.75) is 12.6 Å². The third-order valence-corrected chi connectivity index (χ3v) is 4.88. The molecule has 9 heteroatoms. The summed E-state index contributed by atoms with van der Waals surface area (Å²) in [7, 11) is 0. The molecule has 1 aliphatic rings. The van der Waals surface area contributed by atoms with E-state index in [2.05, 4.69) is 36.6 Å². The molecule has 0 aliphatic carbocycles. The summed E-state index contributed by atoms with van der Waals surface area (Å²) >= 11 is 5.78. The lowest BCUT2D eigenvalue weighted by Crippen LogP contribution is -2.40. The molecule has 3 N–H and O–H groups in total. The van der Waals surface area contributed by atoms with Crippen LogP contribution in [0, 0.1) is 0 Å². The van der Waals surface area contributed by atoms with E-state index in [1.165, 1.54) is 12.4 Å². The molecule has 0 saturated carbocycles. The predicted octanol–water partition coefficient (Wildman–Crippen LogP) is 4.22. The molecular weight excluding hydrogens is 404 g/mol. The first kappa shape index (κ1) is 18.7. The Morgan fingerprint density at radius 3 is 2.63 bits per heavy atom. The number of hydrogen-bond donors (Lipinski definition) is 3. The van der Waals surface area contributed by atoms with E-state index in [1.807, 2.05) is 36.4 Å². The fourth-order valence-electron chi connectivity index (χ4n) is 3.06. The fourth-order valence-corrected chi connectivity index (χ4v) is 3.16. The van der Waals surface area contributed by atoms with E-state index in [0.717, 1.165) is 41.4 Å². The molecule has 3 heterocycles. The van der Waals surface area contributed by atoms with Gasteiger partial charge >= 0.3 is 6.01 Å². The van der Waals surface area contributed by atoms with Crippen molar-refractivity contribution in [2.75, 3.05) is 23.8 Å². The minimum atomic E-state index is 0.256. The smallest absolute Gasteiger partial charge is 0.321 e.